The number of esters is 2. The molecule has 8 atom stereocenters. The fourth-order valence-electron chi connectivity index (χ4n) is 6.43. The van der Waals surface area contributed by atoms with Crippen LogP contribution in [-0.4, -0.2) is 96.9 Å². The van der Waals surface area contributed by atoms with Crippen LogP contribution in [0, 0.1) is 0 Å². The number of anilines is 1. The highest BCUT2D eigenvalue weighted by molar-refractivity contribution is 7.61. The van der Waals surface area contributed by atoms with Gasteiger partial charge in [-0.2, -0.15) is 9.29 Å². The smallest absolute Gasteiger partial charge is 0.462 e. The topological polar surface area (TPSA) is 286 Å². The Kier molecular flexibility index (Phi) is 33.1. The number of aliphatic hydroxyl groups is 3. The van der Waals surface area contributed by atoms with Crippen molar-refractivity contribution < 1.29 is 71.4 Å². The van der Waals surface area contributed by atoms with Crippen molar-refractivity contribution in [3.8, 4) is 0 Å². The first-order chi connectivity index (χ1) is 34.1. The standard InChI is InChI=1S/C50H77N3O16P2/c1-3-5-6-7-8-9-10-11-12-16-19-22-25-28-31-34-45(55)64-38-42(67-46(56)35-32-29-26-23-20-17-14-13-15-18-21-24-27-30-33-41(54)4-2)39-65-70(60,61)69-71(62,63)66-40-43-47(57)48(58)49(68-43)53-37-36-44(51)52-50(53)59/h5-6,8-9,11-12,14-15,17-18,23-24,26-27,30,33,36-37,41-43,47-49,54,57-58H,3-4,7,10,13,16,19-22,25,28-29,31-32,34-35,38-40H2,1-2H3,(H,60,61)(H,62,63)(H2,51,52,59)/b6-5-,9-8-,12-11-,17-14-,18-15-,26-23-,27-24-,33-30+/t41-,42-,43-,47-,48-,49-/m1/s1. The van der Waals surface area contributed by atoms with Gasteiger partial charge >= 0.3 is 33.3 Å². The molecule has 7 N–H and O–H groups in total. The molecule has 0 spiro atoms. The minimum atomic E-state index is -5.45. The summed E-state index contributed by atoms with van der Waals surface area (Å²) in [6.45, 7) is 1.61. The molecule has 19 nitrogen and oxygen atoms in total. The lowest BCUT2D eigenvalue weighted by Crippen LogP contribution is -2.36. The van der Waals surface area contributed by atoms with Crippen molar-refractivity contribution in [3.05, 3.63) is 120 Å². The Balaban J connectivity index is 1.86. The summed E-state index contributed by atoms with van der Waals surface area (Å²) >= 11 is 0. The molecule has 1 aromatic heterocycles. The summed E-state index contributed by atoms with van der Waals surface area (Å²) in [6, 6.07) is 1.24. The lowest BCUT2D eigenvalue weighted by atomic mass is 10.1. The predicted molar refractivity (Wildman–Crippen MR) is 271 cm³/mol. The van der Waals surface area contributed by atoms with Gasteiger partial charge in [-0.25, -0.2) is 13.9 Å². The molecule has 0 aromatic carbocycles. The number of carbonyl (C=O) groups excluding carboxylic acids is 2. The summed E-state index contributed by atoms with van der Waals surface area (Å²) in [6.07, 6.45) is 37.4. The summed E-state index contributed by atoms with van der Waals surface area (Å²) in [7, 11) is -10.9. The van der Waals surface area contributed by atoms with Crippen LogP contribution in [0.2, 0.25) is 0 Å². The molecule has 0 bridgehead atoms. The van der Waals surface area contributed by atoms with Crippen molar-refractivity contribution in [1.82, 2.24) is 9.55 Å². The first kappa shape index (κ1) is 62.8. The van der Waals surface area contributed by atoms with Gasteiger partial charge in [-0.3, -0.25) is 23.2 Å². The minimum absolute atomic E-state index is 0.0519. The van der Waals surface area contributed by atoms with Crippen molar-refractivity contribution in [3.63, 3.8) is 0 Å². The van der Waals surface area contributed by atoms with Crippen LogP contribution >= 0.6 is 15.6 Å². The van der Waals surface area contributed by atoms with Gasteiger partial charge < -0.3 is 45.1 Å². The summed E-state index contributed by atoms with van der Waals surface area (Å²) in [5.41, 5.74) is 4.57. The maximum absolute atomic E-state index is 12.8. The monoisotopic (exact) mass is 1040 g/mol. The lowest BCUT2D eigenvalue weighted by molar-refractivity contribution is -0.161. The van der Waals surface area contributed by atoms with Crippen LogP contribution in [0.3, 0.4) is 0 Å². The number of ether oxygens (including phenoxy) is 3. The Morgan fingerprint density at radius 3 is 1.94 bits per heavy atom. The number of aromatic nitrogens is 2. The summed E-state index contributed by atoms with van der Waals surface area (Å²) < 4.78 is 56.6. The van der Waals surface area contributed by atoms with Crippen molar-refractivity contribution in [1.29, 1.82) is 0 Å². The van der Waals surface area contributed by atoms with Crippen LogP contribution in [0.25, 0.3) is 0 Å². The Morgan fingerprint density at radius 2 is 1.31 bits per heavy atom. The molecule has 1 aliphatic heterocycles. The molecule has 0 amide bonds. The van der Waals surface area contributed by atoms with Crippen LogP contribution in [0.1, 0.15) is 129 Å². The molecule has 1 aromatic rings. The van der Waals surface area contributed by atoms with Gasteiger partial charge in [0.25, 0.3) is 0 Å². The number of phosphoric ester groups is 2. The van der Waals surface area contributed by atoms with E-state index < -0.39 is 89.8 Å². The molecule has 21 heteroatoms. The van der Waals surface area contributed by atoms with Gasteiger partial charge in [0.2, 0.25) is 0 Å². The SMILES string of the molecule is CC/C=C\C/C=C\C/C=C\CCCCCCCC(=O)OC[C@H](COP(=O)(O)OP(=O)(O)OC[C@H]1O[C@@H](n2ccc(N)nc2=O)[C@H](O)[C@@H]1O)OC(=O)CCC/C=C\C/C=C\C/C=C\C/C=C\C=C\[C@H](O)CC. The third-order valence-electron chi connectivity index (χ3n) is 10.3. The third kappa shape index (κ3) is 30.3. The number of phosphoric acid groups is 2. The number of rotatable bonds is 38. The molecule has 2 rings (SSSR count). The van der Waals surface area contributed by atoms with E-state index in [2.05, 4.69) is 64.8 Å². The molecule has 1 aliphatic rings. The van der Waals surface area contributed by atoms with Crippen LogP contribution in [0.5, 0.6) is 0 Å². The quantitative estimate of drug-likeness (QED) is 0.0119. The van der Waals surface area contributed by atoms with E-state index in [-0.39, 0.29) is 18.7 Å². The largest absolute Gasteiger partial charge is 0.481 e. The number of hydrogen-bond donors (Lipinski definition) is 6. The summed E-state index contributed by atoms with van der Waals surface area (Å²) in [5.74, 6) is -1.42. The zero-order chi connectivity index (χ0) is 52.2. The highest BCUT2D eigenvalue weighted by atomic mass is 31.3. The second kappa shape index (κ2) is 37.4. The van der Waals surface area contributed by atoms with Gasteiger partial charge in [0.05, 0.1) is 19.3 Å². The number of carbonyl (C=O) groups is 2. The van der Waals surface area contributed by atoms with Crippen molar-refractivity contribution in [2.75, 3.05) is 25.6 Å². The molecule has 1 saturated heterocycles. The molecule has 2 unspecified atom stereocenters. The molecule has 2 heterocycles. The number of unbranched alkanes of at least 4 members (excludes halogenated alkanes) is 6. The van der Waals surface area contributed by atoms with Crippen molar-refractivity contribution in [2.24, 2.45) is 0 Å². The molecule has 0 saturated carbocycles. The Hall–Kier alpha value is -4.36. The maximum Gasteiger partial charge on any atom is 0.481 e. The van der Waals surface area contributed by atoms with Gasteiger partial charge in [-0.15, -0.1) is 0 Å². The van der Waals surface area contributed by atoms with E-state index in [0.717, 1.165) is 75.0 Å². The van der Waals surface area contributed by atoms with E-state index in [4.69, 9.17) is 29.0 Å². The molecule has 1 fully saturated rings. The number of aliphatic hydroxyl groups excluding tert-OH is 3. The van der Waals surface area contributed by atoms with Crippen LogP contribution in [0.15, 0.2) is 114 Å². The number of nitrogens with zero attached hydrogens (tertiary/aromatic N) is 2. The second-order valence-electron chi connectivity index (χ2n) is 16.4. The van der Waals surface area contributed by atoms with Crippen LogP contribution in [-0.2, 0) is 46.3 Å². The van der Waals surface area contributed by atoms with Crippen LogP contribution in [0.4, 0.5) is 5.82 Å². The van der Waals surface area contributed by atoms with E-state index in [1.54, 1.807) is 6.08 Å². The lowest BCUT2D eigenvalue weighted by Gasteiger charge is -2.21. The highest BCUT2D eigenvalue weighted by Gasteiger charge is 2.46. The van der Waals surface area contributed by atoms with Gasteiger partial charge in [-0.05, 0) is 83.1 Å². The first-order valence-electron chi connectivity index (χ1n) is 24.4. The molecule has 398 valence electrons. The van der Waals surface area contributed by atoms with E-state index in [1.807, 2.05) is 49.5 Å². The number of hydrogen-bond acceptors (Lipinski definition) is 16. The van der Waals surface area contributed by atoms with E-state index in [1.165, 1.54) is 6.07 Å². The van der Waals surface area contributed by atoms with E-state index >= 15 is 0 Å². The van der Waals surface area contributed by atoms with Gasteiger partial charge in [0.15, 0.2) is 12.3 Å². The zero-order valence-electron chi connectivity index (χ0n) is 41.1. The number of allylic oxidation sites excluding steroid dienone is 15. The fourth-order valence-corrected chi connectivity index (χ4v) is 8.54. The van der Waals surface area contributed by atoms with Crippen molar-refractivity contribution in [2.45, 2.75) is 160 Å². The minimum Gasteiger partial charge on any atom is -0.462 e. The maximum atomic E-state index is 12.8. The van der Waals surface area contributed by atoms with Gasteiger partial charge in [-0.1, -0.05) is 130 Å². The van der Waals surface area contributed by atoms with E-state index in [0.29, 0.717) is 32.1 Å². The molecular weight excluding hydrogens is 961 g/mol. The Bertz CT molecular complexity index is 2080. The normalized spacial score (nSPS) is 20.4. The molecule has 71 heavy (non-hydrogen) atoms. The average molecular weight is 1040 g/mol. The molecule has 0 radical (unpaired) electrons. The third-order valence-corrected chi connectivity index (χ3v) is 12.9. The summed E-state index contributed by atoms with van der Waals surface area (Å²) in [4.78, 5) is 61.8. The molecule has 0 aliphatic carbocycles. The Labute approximate surface area is 418 Å². The van der Waals surface area contributed by atoms with E-state index in [9.17, 15) is 48.6 Å². The van der Waals surface area contributed by atoms with Crippen molar-refractivity contribution >= 4 is 33.4 Å². The zero-order valence-corrected chi connectivity index (χ0v) is 42.9. The first-order valence-corrected chi connectivity index (χ1v) is 27.3. The van der Waals surface area contributed by atoms with Crippen LogP contribution < -0.4 is 11.4 Å². The second-order valence-corrected chi connectivity index (χ2v) is 19.4. The summed E-state index contributed by atoms with van der Waals surface area (Å²) in [5, 5.41) is 30.4. The molecular formula is C50H77N3O16P2. The van der Waals surface area contributed by atoms with Gasteiger partial charge in [0.1, 0.15) is 30.7 Å². The Morgan fingerprint density at radius 1 is 0.746 bits per heavy atom. The van der Waals surface area contributed by atoms with Gasteiger partial charge in [0, 0.05) is 19.0 Å². The number of nitrogen functional groups attached to an aromatic ring is 1. The predicted octanol–water partition coefficient (Wildman–Crippen LogP) is 8.63. The fraction of sp³-hybridized carbons (Fsp3) is 0.560. The average Bonchev–Trinajstić information content (AvgIpc) is 3.61. The number of nitrogens with two attached hydrogens (primary N) is 1. The highest BCUT2D eigenvalue weighted by Crippen LogP contribution is 2.60.